The maximum absolute atomic E-state index is 11.9. The van der Waals surface area contributed by atoms with Crippen molar-refractivity contribution in [3.63, 3.8) is 0 Å². The van der Waals surface area contributed by atoms with Crippen LogP contribution in [0.15, 0.2) is 52.9 Å². The summed E-state index contributed by atoms with van der Waals surface area (Å²) in [6.07, 6.45) is -0.260. The molecule has 0 saturated carbocycles. The third-order valence-electron chi connectivity index (χ3n) is 5.21. The smallest absolute Gasteiger partial charge is 0.276 e. The number of amides is 1. The molecule has 0 unspecified atom stereocenters. The minimum Gasteiger partial charge on any atom is -0.392 e. The summed E-state index contributed by atoms with van der Waals surface area (Å²) >= 11 is 20.0. The predicted molar refractivity (Wildman–Crippen MR) is 139 cm³/mol. The number of nitrogens with one attached hydrogen (secondary N) is 1. The Labute approximate surface area is 226 Å². The minimum atomic E-state index is -2.05. The molecule has 1 amide bonds. The maximum atomic E-state index is 11.9. The normalized spacial score (nSPS) is 20.5. The molecule has 0 aliphatic carbocycles. The van der Waals surface area contributed by atoms with E-state index in [-0.39, 0.29) is 18.8 Å². The quantitative estimate of drug-likeness (QED) is 0.265. The van der Waals surface area contributed by atoms with Crippen molar-refractivity contribution >= 4 is 69.5 Å². The Morgan fingerprint density at radius 3 is 2.40 bits per heavy atom. The van der Waals surface area contributed by atoms with Crippen LogP contribution in [0.5, 0.6) is 0 Å². The molecule has 4 rings (SSSR count). The molecule has 3 aromatic rings. The molecule has 0 spiro atoms. The molecule has 186 valence electrons. The number of aryl methyl sites for hydroxylation is 1. The Kier molecular flexibility index (Phi) is 8.94. The third kappa shape index (κ3) is 7.30. The van der Waals surface area contributed by atoms with Crippen molar-refractivity contribution in [3.8, 4) is 0 Å². The van der Waals surface area contributed by atoms with E-state index in [4.69, 9.17) is 44.3 Å². The molecule has 2 aromatic carbocycles. The number of ether oxygens (including phenoxy) is 2. The van der Waals surface area contributed by atoms with Crippen LogP contribution >= 0.6 is 57.9 Å². The lowest BCUT2D eigenvalue weighted by atomic mass is 10.0. The van der Waals surface area contributed by atoms with Gasteiger partial charge in [-0.15, -0.1) is 10.2 Å². The van der Waals surface area contributed by atoms with Crippen LogP contribution in [-0.2, 0) is 20.9 Å². The van der Waals surface area contributed by atoms with E-state index in [1.807, 2.05) is 31.2 Å². The number of aliphatic hydroxyl groups is 1. The standard InChI is InChI=1S/C23H22Cl3N3O4S2/c1-13-28-29-22(35-13)34-12-18-10-19(15-4-2-14(11-30)3-5-15)33-20(32-18)16-6-8-17(9-7-16)27-21(31)23(24,25)26/h2-9,18-20,30H,10-12H2,1H3,(H,27,31)/t18-,19+,20+/m1/s1. The van der Waals surface area contributed by atoms with Gasteiger partial charge in [-0.05, 0) is 30.2 Å². The van der Waals surface area contributed by atoms with Crippen LogP contribution < -0.4 is 5.32 Å². The fourth-order valence-electron chi connectivity index (χ4n) is 3.45. The number of hydrogen-bond acceptors (Lipinski definition) is 8. The number of thioether (sulfide) groups is 1. The molecule has 2 heterocycles. The first kappa shape index (κ1) is 26.6. The molecule has 1 saturated heterocycles. The number of halogens is 3. The zero-order chi connectivity index (χ0) is 25.0. The highest BCUT2D eigenvalue weighted by Crippen LogP contribution is 2.40. The molecule has 35 heavy (non-hydrogen) atoms. The van der Waals surface area contributed by atoms with E-state index >= 15 is 0 Å². The Hall–Kier alpha value is -1.43. The number of aliphatic hydroxyl groups excluding tert-OH is 1. The van der Waals surface area contributed by atoms with Crippen molar-refractivity contribution < 1.29 is 19.4 Å². The number of nitrogens with zero attached hydrogens (tertiary/aromatic N) is 2. The molecule has 0 bridgehead atoms. The van der Waals surface area contributed by atoms with Gasteiger partial charge in [-0.25, -0.2) is 0 Å². The van der Waals surface area contributed by atoms with Crippen molar-refractivity contribution in [2.75, 3.05) is 11.1 Å². The average molecular weight is 575 g/mol. The van der Waals surface area contributed by atoms with Crippen molar-refractivity contribution in [2.24, 2.45) is 0 Å². The lowest BCUT2D eigenvalue weighted by molar-refractivity contribution is -0.245. The van der Waals surface area contributed by atoms with Gasteiger partial charge in [-0.1, -0.05) is 94.3 Å². The molecule has 12 heteroatoms. The summed E-state index contributed by atoms with van der Waals surface area (Å²) in [4.78, 5) is 11.9. The Morgan fingerprint density at radius 2 is 1.80 bits per heavy atom. The highest BCUT2D eigenvalue weighted by atomic mass is 35.6. The largest absolute Gasteiger partial charge is 0.392 e. The number of carbonyl (C=O) groups is 1. The first-order chi connectivity index (χ1) is 16.7. The van der Waals surface area contributed by atoms with Crippen LogP contribution in [0.3, 0.4) is 0 Å². The summed E-state index contributed by atoms with van der Waals surface area (Å²) in [7, 11) is 0. The van der Waals surface area contributed by atoms with Crippen molar-refractivity contribution in [2.45, 2.75) is 46.6 Å². The SMILES string of the molecule is Cc1nnc(SC[C@H]2C[C@@H](c3ccc(CO)cc3)O[C@@H](c3ccc(NC(=O)C(Cl)(Cl)Cl)cc3)O2)s1. The summed E-state index contributed by atoms with van der Waals surface area (Å²) < 4.78 is 11.5. The number of anilines is 1. The molecule has 2 N–H and O–H groups in total. The van der Waals surface area contributed by atoms with Crippen LogP contribution in [0, 0.1) is 6.92 Å². The summed E-state index contributed by atoms with van der Waals surface area (Å²) in [5.74, 6) is -0.0484. The van der Waals surface area contributed by atoms with E-state index in [0.717, 1.165) is 26.0 Å². The van der Waals surface area contributed by atoms with E-state index in [0.29, 0.717) is 17.9 Å². The first-order valence-corrected chi connectivity index (χ1v) is 13.6. The molecule has 1 aliphatic heterocycles. The van der Waals surface area contributed by atoms with Gasteiger partial charge in [0.1, 0.15) is 5.01 Å². The Bertz CT molecular complexity index is 1140. The molecular weight excluding hydrogens is 553 g/mol. The van der Waals surface area contributed by atoms with Gasteiger partial charge in [0.05, 0.1) is 18.8 Å². The summed E-state index contributed by atoms with van der Waals surface area (Å²) in [5, 5.41) is 21.1. The first-order valence-electron chi connectivity index (χ1n) is 10.6. The van der Waals surface area contributed by atoms with Gasteiger partial charge in [-0.3, -0.25) is 4.79 Å². The summed E-state index contributed by atoms with van der Waals surface area (Å²) in [6, 6.07) is 14.7. The summed E-state index contributed by atoms with van der Waals surface area (Å²) in [6.45, 7) is 1.91. The fraction of sp³-hybridized carbons (Fsp3) is 0.348. The van der Waals surface area contributed by atoms with Gasteiger partial charge in [0.2, 0.25) is 0 Å². The van der Waals surface area contributed by atoms with Gasteiger partial charge >= 0.3 is 0 Å². The zero-order valence-corrected chi connectivity index (χ0v) is 22.4. The number of hydrogen-bond donors (Lipinski definition) is 2. The topological polar surface area (TPSA) is 93.6 Å². The van der Waals surface area contributed by atoms with Crippen LogP contribution in [0.4, 0.5) is 5.69 Å². The fourth-order valence-corrected chi connectivity index (χ4v) is 5.45. The van der Waals surface area contributed by atoms with Crippen LogP contribution in [-0.4, -0.2) is 36.9 Å². The minimum absolute atomic E-state index is 0.0146. The third-order valence-corrected chi connectivity index (χ3v) is 7.83. The van der Waals surface area contributed by atoms with E-state index < -0.39 is 16.0 Å². The zero-order valence-electron chi connectivity index (χ0n) is 18.5. The van der Waals surface area contributed by atoms with Gasteiger partial charge < -0.3 is 19.9 Å². The number of carbonyl (C=O) groups excluding carboxylic acids is 1. The van der Waals surface area contributed by atoms with Crippen molar-refractivity contribution in [1.82, 2.24) is 10.2 Å². The van der Waals surface area contributed by atoms with Gasteiger partial charge in [0, 0.05) is 23.4 Å². The van der Waals surface area contributed by atoms with Gasteiger partial charge in [-0.2, -0.15) is 0 Å². The molecule has 1 fully saturated rings. The Balaban J connectivity index is 1.50. The number of alkyl halides is 3. The van der Waals surface area contributed by atoms with Gasteiger partial charge in [0.25, 0.3) is 9.70 Å². The van der Waals surface area contributed by atoms with Gasteiger partial charge in [0.15, 0.2) is 10.6 Å². The highest BCUT2D eigenvalue weighted by molar-refractivity contribution is 8.01. The van der Waals surface area contributed by atoms with Crippen molar-refractivity contribution in [3.05, 3.63) is 70.2 Å². The second-order valence-electron chi connectivity index (χ2n) is 7.82. The highest BCUT2D eigenvalue weighted by Gasteiger charge is 2.33. The molecular formula is C23H22Cl3N3O4S2. The lowest BCUT2D eigenvalue weighted by Gasteiger charge is -2.36. The monoisotopic (exact) mass is 573 g/mol. The molecule has 3 atom stereocenters. The van der Waals surface area contributed by atoms with E-state index in [1.54, 1.807) is 47.4 Å². The van der Waals surface area contributed by atoms with Crippen LogP contribution in [0.1, 0.15) is 40.5 Å². The Morgan fingerprint density at radius 1 is 1.11 bits per heavy atom. The second-order valence-corrected chi connectivity index (χ2v) is 12.6. The number of benzene rings is 2. The van der Waals surface area contributed by atoms with Crippen LogP contribution in [0.2, 0.25) is 0 Å². The number of rotatable bonds is 7. The predicted octanol–water partition coefficient (Wildman–Crippen LogP) is 5.99. The molecule has 1 aromatic heterocycles. The van der Waals surface area contributed by atoms with Crippen molar-refractivity contribution in [1.29, 1.82) is 0 Å². The average Bonchev–Trinajstić information content (AvgIpc) is 3.27. The number of aromatic nitrogens is 2. The van der Waals surface area contributed by atoms with E-state index in [2.05, 4.69) is 15.5 Å². The van der Waals surface area contributed by atoms with E-state index in [1.165, 1.54) is 0 Å². The molecule has 0 radical (unpaired) electrons. The van der Waals surface area contributed by atoms with E-state index in [9.17, 15) is 9.90 Å². The lowest BCUT2D eigenvalue weighted by Crippen LogP contribution is -2.31. The molecule has 7 nitrogen and oxygen atoms in total. The summed E-state index contributed by atoms with van der Waals surface area (Å²) in [5.41, 5.74) is 3.11. The molecule has 1 aliphatic rings. The second kappa shape index (κ2) is 11.7. The van der Waals surface area contributed by atoms with Crippen LogP contribution in [0.25, 0.3) is 0 Å². The maximum Gasteiger partial charge on any atom is 0.276 e.